The van der Waals surface area contributed by atoms with Crippen LogP contribution in [0.2, 0.25) is 0 Å². The fourth-order valence-corrected chi connectivity index (χ4v) is 2.36. The van der Waals surface area contributed by atoms with Gasteiger partial charge in [-0.2, -0.15) is 5.10 Å². The fraction of sp³-hybridized carbons (Fsp3) is 0.444. The molecule has 1 aromatic heterocycles. The Bertz CT molecular complexity index is 592. The Hall–Kier alpha value is -1.57. The molecule has 0 aliphatic heterocycles. The van der Waals surface area contributed by atoms with Gasteiger partial charge in [-0.1, -0.05) is 36.8 Å². The highest BCUT2D eigenvalue weighted by molar-refractivity contribution is 14.0. The summed E-state index contributed by atoms with van der Waals surface area (Å²) in [5.74, 6) is 1.29. The summed E-state index contributed by atoms with van der Waals surface area (Å²) in [5.41, 5.74) is 2.64. The standard InChI is InChI=1S/C18H27N5.HI/c1-15-6-8-17(9-7-15)16(2)14-21-18(19-3)20-10-4-12-23-13-5-11-22-23;/h5-9,11,13,16H,4,10,12,14H2,1-3H3,(H2,19,20,21);1H. The highest BCUT2D eigenvalue weighted by atomic mass is 127. The second-order valence-corrected chi connectivity index (χ2v) is 5.81. The SMILES string of the molecule is CN=C(NCCCn1cccn1)NCC(C)c1ccc(C)cc1.I. The quantitative estimate of drug-likeness (QED) is 0.301. The number of rotatable bonds is 7. The van der Waals surface area contributed by atoms with Crippen molar-refractivity contribution in [1.29, 1.82) is 0 Å². The lowest BCUT2D eigenvalue weighted by Gasteiger charge is -2.16. The molecular weight excluding hydrogens is 413 g/mol. The number of nitrogens with zero attached hydrogens (tertiary/aromatic N) is 3. The molecule has 5 nitrogen and oxygen atoms in total. The molecule has 1 atom stereocenters. The average molecular weight is 441 g/mol. The second kappa shape index (κ2) is 11.1. The number of aliphatic imine (C=N–C) groups is 1. The van der Waals surface area contributed by atoms with Crippen molar-refractivity contribution in [3.8, 4) is 0 Å². The van der Waals surface area contributed by atoms with Gasteiger partial charge in [0.1, 0.15) is 0 Å². The molecule has 1 aromatic carbocycles. The summed E-state index contributed by atoms with van der Waals surface area (Å²) in [4.78, 5) is 4.27. The lowest BCUT2D eigenvalue weighted by atomic mass is 10.0. The predicted molar refractivity (Wildman–Crippen MR) is 111 cm³/mol. The summed E-state index contributed by atoms with van der Waals surface area (Å²) < 4.78 is 1.94. The van der Waals surface area contributed by atoms with Crippen molar-refractivity contribution in [2.45, 2.75) is 32.7 Å². The summed E-state index contributed by atoms with van der Waals surface area (Å²) >= 11 is 0. The molecule has 2 N–H and O–H groups in total. The number of halogens is 1. The number of aryl methyl sites for hydroxylation is 2. The maximum absolute atomic E-state index is 4.27. The van der Waals surface area contributed by atoms with Gasteiger partial charge >= 0.3 is 0 Å². The van der Waals surface area contributed by atoms with Gasteiger partial charge in [-0.05, 0) is 30.9 Å². The van der Waals surface area contributed by atoms with Crippen LogP contribution in [0.15, 0.2) is 47.7 Å². The third kappa shape index (κ3) is 6.90. The third-order valence-electron chi connectivity index (χ3n) is 3.86. The number of benzene rings is 1. The van der Waals surface area contributed by atoms with E-state index < -0.39 is 0 Å². The van der Waals surface area contributed by atoms with Crippen molar-refractivity contribution in [2.24, 2.45) is 4.99 Å². The lowest BCUT2D eigenvalue weighted by molar-refractivity contribution is 0.569. The minimum Gasteiger partial charge on any atom is -0.356 e. The van der Waals surface area contributed by atoms with Gasteiger partial charge in [0.05, 0.1) is 0 Å². The summed E-state index contributed by atoms with van der Waals surface area (Å²) in [7, 11) is 1.80. The highest BCUT2D eigenvalue weighted by Gasteiger charge is 2.06. The van der Waals surface area contributed by atoms with Gasteiger partial charge in [-0.3, -0.25) is 9.67 Å². The molecule has 132 valence electrons. The summed E-state index contributed by atoms with van der Waals surface area (Å²) in [6, 6.07) is 10.7. The zero-order chi connectivity index (χ0) is 16.5. The van der Waals surface area contributed by atoms with Crippen LogP contribution in [0.4, 0.5) is 0 Å². The van der Waals surface area contributed by atoms with Gasteiger partial charge in [0.25, 0.3) is 0 Å². The fourth-order valence-electron chi connectivity index (χ4n) is 2.36. The van der Waals surface area contributed by atoms with Crippen LogP contribution in [0.25, 0.3) is 0 Å². The van der Waals surface area contributed by atoms with Crippen molar-refractivity contribution in [1.82, 2.24) is 20.4 Å². The van der Waals surface area contributed by atoms with Crippen molar-refractivity contribution >= 4 is 29.9 Å². The van der Waals surface area contributed by atoms with E-state index in [0.717, 1.165) is 32.0 Å². The van der Waals surface area contributed by atoms with Gasteiger partial charge < -0.3 is 10.6 Å². The molecule has 0 amide bonds. The number of hydrogen-bond acceptors (Lipinski definition) is 2. The smallest absolute Gasteiger partial charge is 0.190 e. The maximum atomic E-state index is 4.27. The Morgan fingerprint density at radius 2 is 2.00 bits per heavy atom. The van der Waals surface area contributed by atoms with E-state index in [4.69, 9.17) is 0 Å². The van der Waals surface area contributed by atoms with Crippen LogP contribution in [0, 0.1) is 6.92 Å². The van der Waals surface area contributed by atoms with Crippen molar-refractivity contribution < 1.29 is 0 Å². The van der Waals surface area contributed by atoms with Crippen LogP contribution in [0.1, 0.15) is 30.4 Å². The van der Waals surface area contributed by atoms with E-state index in [-0.39, 0.29) is 24.0 Å². The monoisotopic (exact) mass is 441 g/mol. The van der Waals surface area contributed by atoms with Crippen molar-refractivity contribution in [3.63, 3.8) is 0 Å². The highest BCUT2D eigenvalue weighted by Crippen LogP contribution is 2.14. The molecule has 0 fully saturated rings. The van der Waals surface area contributed by atoms with Crippen LogP contribution in [0.3, 0.4) is 0 Å². The van der Waals surface area contributed by atoms with Crippen LogP contribution >= 0.6 is 24.0 Å². The number of guanidine groups is 1. The van der Waals surface area contributed by atoms with E-state index in [1.807, 2.05) is 16.9 Å². The van der Waals surface area contributed by atoms with Crippen LogP contribution < -0.4 is 10.6 Å². The Balaban J connectivity index is 0.00000288. The third-order valence-corrected chi connectivity index (χ3v) is 3.86. The van der Waals surface area contributed by atoms with E-state index in [2.05, 4.69) is 58.8 Å². The molecule has 0 aliphatic rings. The van der Waals surface area contributed by atoms with Gasteiger partial charge in [0, 0.05) is 39.1 Å². The van der Waals surface area contributed by atoms with Gasteiger partial charge in [0.15, 0.2) is 5.96 Å². The first kappa shape index (κ1) is 20.5. The minimum atomic E-state index is 0. The molecule has 2 rings (SSSR count). The number of hydrogen-bond donors (Lipinski definition) is 2. The van der Waals surface area contributed by atoms with Crippen LogP contribution in [0.5, 0.6) is 0 Å². The number of nitrogens with one attached hydrogen (secondary N) is 2. The Labute approximate surface area is 162 Å². The molecule has 2 aromatic rings. The number of aromatic nitrogens is 2. The Morgan fingerprint density at radius 1 is 1.25 bits per heavy atom. The zero-order valence-electron chi connectivity index (χ0n) is 14.7. The first-order valence-electron chi connectivity index (χ1n) is 8.17. The molecule has 1 unspecified atom stereocenters. The van der Waals surface area contributed by atoms with E-state index in [9.17, 15) is 0 Å². The molecule has 0 spiro atoms. The molecule has 0 radical (unpaired) electrons. The second-order valence-electron chi connectivity index (χ2n) is 5.81. The average Bonchev–Trinajstić information content (AvgIpc) is 3.08. The zero-order valence-corrected chi connectivity index (χ0v) is 17.0. The van der Waals surface area contributed by atoms with Crippen molar-refractivity contribution in [2.75, 3.05) is 20.1 Å². The Morgan fingerprint density at radius 3 is 2.62 bits per heavy atom. The lowest BCUT2D eigenvalue weighted by Crippen LogP contribution is -2.39. The Kier molecular flexibility index (Phi) is 9.44. The molecular formula is C18H28IN5. The van der Waals surface area contributed by atoms with E-state index in [1.54, 1.807) is 13.2 Å². The first-order valence-corrected chi connectivity index (χ1v) is 8.17. The maximum Gasteiger partial charge on any atom is 0.190 e. The largest absolute Gasteiger partial charge is 0.356 e. The van der Waals surface area contributed by atoms with E-state index in [1.165, 1.54) is 11.1 Å². The topological polar surface area (TPSA) is 54.2 Å². The van der Waals surface area contributed by atoms with E-state index >= 15 is 0 Å². The molecule has 0 aliphatic carbocycles. The first-order chi connectivity index (χ1) is 11.2. The molecule has 6 heteroatoms. The normalized spacial score (nSPS) is 12.4. The summed E-state index contributed by atoms with van der Waals surface area (Å²) in [5, 5.41) is 10.9. The van der Waals surface area contributed by atoms with Crippen LogP contribution in [-0.4, -0.2) is 35.9 Å². The molecule has 0 bridgehead atoms. The van der Waals surface area contributed by atoms with Crippen LogP contribution in [-0.2, 0) is 6.54 Å². The predicted octanol–water partition coefficient (Wildman–Crippen LogP) is 3.17. The molecule has 24 heavy (non-hydrogen) atoms. The molecule has 0 saturated carbocycles. The minimum absolute atomic E-state index is 0. The summed E-state index contributed by atoms with van der Waals surface area (Å²) in [6.07, 6.45) is 4.80. The van der Waals surface area contributed by atoms with Gasteiger partial charge in [-0.15, -0.1) is 24.0 Å². The van der Waals surface area contributed by atoms with E-state index in [0.29, 0.717) is 5.92 Å². The summed E-state index contributed by atoms with van der Waals surface area (Å²) in [6.45, 7) is 6.99. The van der Waals surface area contributed by atoms with Gasteiger partial charge in [0.2, 0.25) is 0 Å². The molecule has 1 heterocycles. The van der Waals surface area contributed by atoms with Crippen molar-refractivity contribution in [3.05, 3.63) is 53.9 Å². The molecule has 0 saturated heterocycles. The van der Waals surface area contributed by atoms with Gasteiger partial charge in [-0.25, -0.2) is 0 Å².